The number of halogens is 1. The molecule has 0 spiro atoms. The van der Waals surface area contributed by atoms with Crippen molar-refractivity contribution in [1.29, 1.82) is 0 Å². The predicted octanol–water partition coefficient (Wildman–Crippen LogP) is 2.89. The number of para-hydroxylation sites is 2. The number of nitrogens with one attached hydrogen (secondary N) is 1. The van der Waals surface area contributed by atoms with E-state index in [1.807, 2.05) is 6.07 Å². The van der Waals surface area contributed by atoms with Crippen LogP contribution >= 0.6 is 0 Å². The lowest BCUT2D eigenvalue weighted by Crippen LogP contribution is -2.36. The van der Waals surface area contributed by atoms with Crippen LogP contribution in [0.1, 0.15) is 12.5 Å². The summed E-state index contributed by atoms with van der Waals surface area (Å²) in [6.45, 7) is 3.33. The number of ether oxygens (including phenoxy) is 2. The van der Waals surface area contributed by atoms with Gasteiger partial charge < -0.3 is 9.47 Å². The number of sulfonamides is 1. The second kappa shape index (κ2) is 7.63. The summed E-state index contributed by atoms with van der Waals surface area (Å²) in [7, 11) is -2.21. The maximum Gasteiger partial charge on any atom is 0.240 e. The van der Waals surface area contributed by atoms with E-state index in [-0.39, 0.29) is 17.1 Å². The van der Waals surface area contributed by atoms with Crippen LogP contribution in [0.15, 0.2) is 47.4 Å². The van der Waals surface area contributed by atoms with E-state index in [9.17, 15) is 12.8 Å². The third-order valence-electron chi connectivity index (χ3n) is 3.35. The van der Waals surface area contributed by atoms with Crippen LogP contribution in [0.4, 0.5) is 4.39 Å². The van der Waals surface area contributed by atoms with Gasteiger partial charge in [-0.1, -0.05) is 12.1 Å². The normalized spacial score (nSPS) is 12.7. The predicted molar refractivity (Wildman–Crippen MR) is 89.4 cm³/mol. The van der Waals surface area contributed by atoms with Gasteiger partial charge in [0.25, 0.3) is 0 Å². The van der Waals surface area contributed by atoms with Crippen LogP contribution < -0.4 is 14.2 Å². The lowest BCUT2D eigenvalue weighted by atomic mass is 10.2. The molecule has 5 nitrogen and oxygen atoms in total. The first kappa shape index (κ1) is 18.2. The fourth-order valence-corrected chi connectivity index (χ4v) is 3.42. The molecule has 1 atom stereocenters. The van der Waals surface area contributed by atoms with Crippen LogP contribution in [-0.2, 0) is 10.0 Å². The lowest BCUT2D eigenvalue weighted by molar-refractivity contribution is 0.271. The van der Waals surface area contributed by atoms with Gasteiger partial charge in [-0.3, -0.25) is 0 Å². The fourth-order valence-electron chi connectivity index (χ4n) is 2.10. The maximum absolute atomic E-state index is 13.3. The van der Waals surface area contributed by atoms with Gasteiger partial charge in [-0.25, -0.2) is 17.5 Å². The summed E-state index contributed by atoms with van der Waals surface area (Å²) < 4.78 is 51.2. The molecule has 2 aromatic carbocycles. The molecule has 0 bridgehead atoms. The standard InChI is InChI=1S/C17H20FNO4S/c1-12-10-14(8-9-15(12)18)24(20,21)19-13(2)11-23-17-7-5-4-6-16(17)22-3/h4-10,13,19H,11H2,1-3H3. The monoisotopic (exact) mass is 353 g/mol. The molecule has 0 heterocycles. The lowest BCUT2D eigenvalue weighted by Gasteiger charge is -2.16. The van der Waals surface area contributed by atoms with Crippen LogP contribution in [0.3, 0.4) is 0 Å². The Hall–Kier alpha value is -2.12. The Morgan fingerprint density at radius 2 is 1.83 bits per heavy atom. The average molecular weight is 353 g/mol. The van der Waals surface area contributed by atoms with Gasteiger partial charge in [0, 0.05) is 0 Å². The van der Waals surface area contributed by atoms with E-state index in [1.165, 1.54) is 26.2 Å². The molecule has 24 heavy (non-hydrogen) atoms. The smallest absolute Gasteiger partial charge is 0.240 e. The summed E-state index contributed by atoms with van der Waals surface area (Å²) in [5, 5.41) is 0. The van der Waals surface area contributed by atoms with Crippen molar-refractivity contribution in [2.75, 3.05) is 13.7 Å². The first-order chi connectivity index (χ1) is 11.3. The molecule has 1 N–H and O–H groups in total. The highest BCUT2D eigenvalue weighted by molar-refractivity contribution is 7.89. The van der Waals surface area contributed by atoms with E-state index in [4.69, 9.17) is 9.47 Å². The summed E-state index contributed by atoms with van der Waals surface area (Å²) in [5.74, 6) is 0.659. The molecule has 0 saturated carbocycles. The first-order valence-corrected chi connectivity index (χ1v) is 8.86. The number of hydrogen-bond acceptors (Lipinski definition) is 4. The summed E-state index contributed by atoms with van der Waals surface area (Å²) in [4.78, 5) is 0.0190. The zero-order valence-electron chi connectivity index (χ0n) is 13.7. The molecule has 0 fully saturated rings. The van der Waals surface area contributed by atoms with Gasteiger partial charge >= 0.3 is 0 Å². The van der Waals surface area contributed by atoms with E-state index in [0.717, 1.165) is 6.07 Å². The van der Waals surface area contributed by atoms with Crippen molar-refractivity contribution in [1.82, 2.24) is 4.72 Å². The van der Waals surface area contributed by atoms with Gasteiger partial charge in [0.15, 0.2) is 11.5 Å². The molecule has 0 aliphatic rings. The molecule has 0 aliphatic heterocycles. The van der Waals surface area contributed by atoms with Crippen LogP contribution in [0.25, 0.3) is 0 Å². The largest absolute Gasteiger partial charge is 0.493 e. The Balaban J connectivity index is 2.03. The zero-order valence-corrected chi connectivity index (χ0v) is 14.6. The van der Waals surface area contributed by atoms with Gasteiger partial charge in [0.05, 0.1) is 18.0 Å². The van der Waals surface area contributed by atoms with Crippen molar-refractivity contribution < 1.29 is 22.3 Å². The minimum atomic E-state index is -3.75. The summed E-state index contributed by atoms with van der Waals surface area (Å²) >= 11 is 0. The number of aryl methyl sites for hydroxylation is 1. The van der Waals surface area contributed by atoms with Crippen LogP contribution in [0.2, 0.25) is 0 Å². The minimum absolute atomic E-state index is 0.0190. The number of methoxy groups -OCH3 is 1. The molecular formula is C17H20FNO4S. The molecule has 0 amide bonds. The van der Waals surface area contributed by atoms with E-state index >= 15 is 0 Å². The Morgan fingerprint density at radius 1 is 1.17 bits per heavy atom. The third kappa shape index (κ3) is 4.46. The van der Waals surface area contributed by atoms with E-state index in [0.29, 0.717) is 11.5 Å². The minimum Gasteiger partial charge on any atom is -0.493 e. The molecule has 2 rings (SSSR count). The fraction of sp³-hybridized carbons (Fsp3) is 0.294. The van der Waals surface area contributed by atoms with Crippen molar-refractivity contribution in [2.24, 2.45) is 0 Å². The Bertz CT molecular complexity index is 808. The van der Waals surface area contributed by atoms with Crippen LogP contribution in [0.5, 0.6) is 11.5 Å². The molecule has 1 unspecified atom stereocenters. The van der Waals surface area contributed by atoms with Gasteiger partial charge in [-0.05, 0) is 49.7 Å². The van der Waals surface area contributed by atoms with Crippen molar-refractivity contribution in [3.05, 3.63) is 53.8 Å². The van der Waals surface area contributed by atoms with Crippen molar-refractivity contribution in [2.45, 2.75) is 24.8 Å². The summed E-state index contributed by atoms with van der Waals surface area (Å²) in [5.41, 5.74) is 0.274. The molecule has 0 radical (unpaired) electrons. The van der Waals surface area contributed by atoms with Gasteiger partial charge in [-0.2, -0.15) is 0 Å². The molecule has 0 aliphatic carbocycles. The Morgan fingerprint density at radius 3 is 2.46 bits per heavy atom. The van der Waals surface area contributed by atoms with Gasteiger partial charge in [0.2, 0.25) is 10.0 Å². The van der Waals surface area contributed by atoms with E-state index < -0.39 is 21.9 Å². The van der Waals surface area contributed by atoms with Gasteiger partial charge in [-0.15, -0.1) is 0 Å². The molecule has 2 aromatic rings. The molecular weight excluding hydrogens is 333 g/mol. The van der Waals surface area contributed by atoms with Crippen molar-refractivity contribution in [3.8, 4) is 11.5 Å². The van der Waals surface area contributed by atoms with Crippen LogP contribution in [-0.4, -0.2) is 28.2 Å². The zero-order chi connectivity index (χ0) is 17.7. The topological polar surface area (TPSA) is 64.6 Å². The maximum atomic E-state index is 13.3. The number of rotatable bonds is 7. The van der Waals surface area contributed by atoms with Crippen LogP contribution in [0, 0.1) is 12.7 Å². The Labute approximate surface area is 141 Å². The summed E-state index contributed by atoms with van der Waals surface area (Å²) in [6, 6.07) is 10.3. The Kier molecular flexibility index (Phi) is 5.80. The van der Waals surface area contributed by atoms with Gasteiger partial charge in [0.1, 0.15) is 12.4 Å². The second-order valence-electron chi connectivity index (χ2n) is 5.40. The molecule has 7 heteroatoms. The number of hydrogen-bond donors (Lipinski definition) is 1. The molecule has 0 aromatic heterocycles. The van der Waals surface area contributed by atoms with E-state index in [2.05, 4.69) is 4.72 Å². The van der Waals surface area contributed by atoms with Crippen molar-refractivity contribution >= 4 is 10.0 Å². The SMILES string of the molecule is COc1ccccc1OCC(C)NS(=O)(=O)c1ccc(F)c(C)c1. The average Bonchev–Trinajstić information content (AvgIpc) is 2.55. The third-order valence-corrected chi connectivity index (χ3v) is 4.94. The highest BCUT2D eigenvalue weighted by atomic mass is 32.2. The van der Waals surface area contributed by atoms with E-state index in [1.54, 1.807) is 25.1 Å². The quantitative estimate of drug-likeness (QED) is 0.831. The highest BCUT2D eigenvalue weighted by Crippen LogP contribution is 2.25. The number of benzene rings is 2. The van der Waals surface area contributed by atoms with Crippen molar-refractivity contribution in [3.63, 3.8) is 0 Å². The highest BCUT2D eigenvalue weighted by Gasteiger charge is 2.19. The second-order valence-corrected chi connectivity index (χ2v) is 7.11. The molecule has 0 saturated heterocycles. The molecule has 130 valence electrons. The first-order valence-electron chi connectivity index (χ1n) is 7.38. The summed E-state index contributed by atoms with van der Waals surface area (Å²) in [6.07, 6.45) is 0.